The second kappa shape index (κ2) is 6.56. The lowest BCUT2D eigenvalue weighted by atomic mass is 10.2. The van der Waals surface area contributed by atoms with E-state index in [0.29, 0.717) is 32.3 Å². The predicted octanol–water partition coefficient (Wildman–Crippen LogP) is 2.11. The fourth-order valence-corrected chi connectivity index (χ4v) is 2.26. The maximum Gasteiger partial charge on any atom is 0.323 e. The molecule has 2 amide bonds. The molecule has 106 valence electrons. The molecule has 19 heavy (non-hydrogen) atoms. The van der Waals surface area contributed by atoms with Gasteiger partial charge in [-0.3, -0.25) is 5.32 Å². The van der Waals surface area contributed by atoms with Crippen LogP contribution in [0.4, 0.5) is 10.6 Å². The van der Waals surface area contributed by atoms with E-state index >= 15 is 0 Å². The van der Waals surface area contributed by atoms with Crippen LogP contribution < -0.4 is 5.32 Å². The molecule has 1 aliphatic heterocycles. The van der Waals surface area contributed by atoms with Gasteiger partial charge >= 0.3 is 6.03 Å². The van der Waals surface area contributed by atoms with Crippen molar-refractivity contribution >= 4 is 11.8 Å². The molecule has 1 aromatic rings. The Bertz CT molecular complexity index is 413. The average molecular weight is 266 g/mol. The molecule has 0 spiro atoms. The Morgan fingerprint density at radius 1 is 1.53 bits per heavy atom. The van der Waals surface area contributed by atoms with Gasteiger partial charge in [-0.1, -0.05) is 13.3 Å². The summed E-state index contributed by atoms with van der Waals surface area (Å²) in [6, 6.07) is 2.05. The Morgan fingerprint density at radius 2 is 2.26 bits per heavy atom. The summed E-state index contributed by atoms with van der Waals surface area (Å²) < 4.78 is 7.12. The van der Waals surface area contributed by atoms with E-state index in [0.717, 1.165) is 18.7 Å². The maximum atomic E-state index is 12.1. The SMILES string of the molecule is CCCC(C)n1nccc1NC(=O)N1CCOCC1. The molecule has 1 atom stereocenters. The molecule has 1 unspecified atom stereocenters. The van der Waals surface area contributed by atoms with Gasteiger partial charge in [-0.15, -0.1) is 0 Å². The summed E-state index contributed by atoms with van der Waals surface area (Å²) in [7, 11) is 0. The number of anilines is 1. The molecular formula is C13H22N4O2. The molecule has 0 bridgehead atoms. The van der Waals surface area contributed by atoms with E-state index in [-0.39, 0.29) is 6.03 Å². The minimum Gasteiger partial charge on any atom is -0.378 e. The van der Waals surface area contributed by atoms with Crippen LogP contribution in [0.15, 0.2) is 12.3 Å². The summed E-state index contributed by atoms with van der Waals surface area (Å²) >= 11 is 0. The van der Waals surface area contributed by atoms with Crippen molar-refractivity contribution in [2.45, 2.75) is 32.7 Å². The molecule has 1 saturated heterocycles. The van der Waals surface area contributed by atoms with Crippen molar-refractivity contribution in [1.29, 1.82) is 0 Å². The number of morpholine rings is 1. The van der Waals surface area contributed by atoms with Crippen molar-refractivity contribution in [3.05, 3.63) is 12.3 Å². The molecule has 2 heterocycles. The van der Waals surface area contributed by atoms with Crippen molar-refractivity contribution < 1.29 is 9.53 Å². The highest BCUT2D eigenvalue weighted by molar-refractivity contribution is 5.88. The third-order valence-electron chi connectivity index (χ3n) is 3.33. The standard InChI is InChI=1S/C13H22N4O2/c1-3-4-11(2)17-12(5-6-14-17)15-13(18)16-7-9-19-10-8-16/h5-6,11H,3-4,7-10H2,1-2H3,(H,15,18). The van der Waals surface area contributed by atoms with Crippen molar-refractivity contribution in [3.63, 3.8) is 0 Å². The third kappa shape index (κ3) is 3.47. The van der Waals surface area contributed by atoms with Crippen LogP contribution in [0.2, 0.25) is 0 Å². The summed E-state index contributed by atoms with van der Waals surface area (Å²) in [5.41, 5.74) is 0. The summed E-state index contributed by atoms with van der Waals surface area (Å²) in [6.07, 6.45) is 3.86. The van der Waals surface area contributed by atoms with Gasteiger partial charge in [0.15, 0.2) is 0 Å². The van der Waals surface area contributed by atoms with Gasteiger partial charge in [-0.2, -0.15) is 5.10 Å². The first kappa shape index (κ1) is 13.9. The van der Waals surface area contributed by atoms with Crippen molar-refractivity contribution in [2.24, 2.45) is 0 Å². The first-order valence-corrected chi connectivity index (χ1v) is 6.89. The van der Waals surface area contributed by atoms with E-state index in [9.17, 15) is 4.79 Å². The summed E-state index contributed by atoms with van der Waals surface area (Å²) in [4.78, 5) is 13.9. The van der Waals surface area contributed by atoms with Crippen LogP contribution in [-0.2, 0) is 4.74 Å². The fraction of sp³-hybridized carbons (Fsp3) is 0.692. The zero-order chi connectivity index (χ0) is 13.7. The van der Waals surface area contributed by atoms with Gasteiger partial charge < -0.3 is 9.64 Å². The van der Waals surface area contributed by atoms with E-state index in [1.54, 1.807) is 11.1 Å². The summed E-state index contributed by atoms with van der Waals surface area (Å²) in [5.74, 6) is 0.762. The molecule has 0 aromatic carbocycles. The number of ether oxygens (including phenoxy) is 1. The van der Waals surface area contributed by atoms with Crippen LogP contribution in [0.5, 0.6) is 0 Å². The largest absolute Gasteiger partial charge is 0.378 e. The highest BCUT2D eigenvalue weighted by Gasteiger charge is 2.19. The normalized spacial score (nSPS) is 17.3. The molecule has 2 rings (SSSR count). The zero-order valence-corrected chi connectivity index (χ0v) is 11.6. The number of nitrogens with one attached hydrogen (secondary N) is 1. The van der Waals surface area contributed by atoms with E-state index in [1.165, 1.54) is 0 Å². The van der Waals surface area contributed by atoms with Gasteiger partial charge in [0.25, 0.3) is 0 Å². The van der Waals surface area contributed by atoms with Crippen LogP contribution in [0.1, 0.15) is 32.7 Å². The first-order valence-electron chi connectivity index (χ1n) is 6.89. The van der Waals surface area contributed by atoms with Gasteiger partial charge in [0.2, 0.25) is 0 Å². The van der Waals surface area contributed by atoms with Crippen LogP contribution in [0.25, 0.3) is 0 Å². The fourth-order valence-electron chi connectivity index (χ4n) is 2.26. The lowest BCUT2D eigenvalue weighted by molar-refractivity contribution is 0.0564. The predicted molar refractivity (Wildman–Crippen MR) is 73.3 cm³/mol. The molecular weight excluding hydrogens is 244 g/mol. The second-order valence-electron chi connectivity index (χ2n) is 4.83. The minimum atomic E-state index is -0.0752. The van der Waals surface area contributed by atoms with Gasteiger partial charge in [-0.05, 0) is 13.3 Å². The number of amides is 2. The molecule has 0 radical (unpaired) electrons. The first-order chi connectivity index (χ1) is 9.22. The van der Waals surface area contributed by atoms with Crippen molar-refractivity contribution in [2.75, 3.05) is 31.6 Å². The Balaban J connectivity index is 1.98. The van der Waals surface area contributed by atoms with Crippen LogP contribution >= 0.6 is 0 Å². The van der Waals surface area contributed by atoms with E-state index < -0.39 is 0 Å². The van der Waals surface area contributed by atoms with Crippen molar-refractivity contribution in [1.82, 2.24) is 14.7 Å². The van der Waals surface area contributed by atoms with Gasteiger partial charge in [0, 0.05) is 19.2 Å². The van der Waals surface area contributed by atoms with Gasteiger partial charge in [-0.25, -0.2) is 9.48 Å². The summed E-state index contributed by atoms with van der Waals surface area (Å²) in [6.45, 7) is 6.76. The van der Waals surface area contributed by atoms with Crippen LogP contribution in [-0.4, -0.2) is 47.0 Å². The lowest BCUT2D eigenvalue weighted by Crippen LogP contribution is -2.43. The number of urea groups is 1. The number of carbonyl (C=O) groups excluding carboxylic acids is 1. The Morgan fingerprint density at radius 3 is 2.95 bits per heavy atom. The Hall–Kier alpha value is -1.56. The third-order valence-corrected chi connectivity index (χ3v) is 3.33. The Labute approximate surface area is 113 Å². The smallest absolute Gasteiger partial charge is 0.323 e. The molecule has 6 nitrogen and oxygen atoms in total. The molecule has 0 saturated carbocycles. The van der Waals surface area contributed by atoms with Gasteiger partial charge in [0.1, 0.15) is 5.82 Å². The van der Waals surface area contributed by atoms with E-state index in [1.807, 2.05) is 10.7 Å². The molecule has 0 aliphatic carbocycles. The Kier molecular flexibility index (Phi) is 4.79. The molecule has 1 N–H and O–H groups in total. The number of hydrogen-bond donors (Lipinski definition) is 1. The number of nitrogens with zero attached hydrogens (tertiary/aromatic N) is 3. The van der Waals surface area contributed by atoms with E-state index in [4.69, 9.17) is 4.74 Å². The minimum absolute atomic E-state index is 0.0752. The quantitative estimate of drug-likeness (QED) is 0.908. The monoisotopic (exact) mass is 266 g/mol. The topological polar surface area (TPSA) is 59.4 Å². The van der Waals surface area contributed by atoms with E-state index in [2.05, 4.69) is 24.3 Å². The number of carbonyl (C=O) groups is 1. The highest BCUT2D eigenvalue weighted by Crippen LogP contribution is 2.18. The molecule has 1 aliphatic rings. The number of hydrogen-bond acceptors (Lipinski definition) is 3. The van der Waals surface area contributed by atoms with Crippen LogP contribution in [0.3, 0.4) is 0 Å². The molecule has 1 fully saturated rings. The number of aromatic nitrogens is 2. The average Bonchev–Trinajstić information content (AvgIpc) is 2.88. The van der Waals surface area contributed by atoms with Crippen molar-refractivity contribution in [3.8, 4) is 0 Å². The second-order valence-corrected chi connectivity index (χ2v) is 4.83. The highest BCUT2D eigenvalue weighted by atomic mass is 16.5. The maximum absolute atomic E-state index is 12.1. The number of rotatable bonds is 4. The van der Waals surface area contributed by atoms with Gasteiger partial charge in [0.05, 0.1) is 25.5 Å². The summed E-state index contributed by atoms with van der Waals surface area (Å²) in [5, 5.41) is 7.22. The molecule has 1 aromatic heterocycles. The zero-order valence-electron chi connectivity index (χ0n) is 11.6. The lowest BCUT2D eigenvalue weighted by Gasteiger charge is -2.27. The molecule has 6 heteroatoms. The van der Waals surface area contributed by atoms with Crippen LogP contribution in [0, 0.1) is 0 Å².